The summed E-state index contributed by atoms with van der Waals surface area (Å²) in [4.78, 5) is 0. The van der Waals surface area contributed by atoms with Gasteiger partial charge in [0.05, 0.1) is 12.0 Å². The van der Waals surface area contributed by atoms with Gasteiger partial charge in [0, 0.05) is 0 Å². The first-order valence-electron chi connectivity index (χ1n) is 12.3. The number of halogens is 3. The highest BCUT2D eigenvalue weighted by Gasteiger charge is 2.57. The Morgan fingerprint density at radius 1 is 1.10 bits per heavy atom. The summed E-state index contributed by atoms with van der Waals surface area (Å²) in [5.41, 5.74) is 2.62. The fourth-order valence-corrected chi connectivity index (χ4v) is 7.83. The first kappa shape index (κ1) is 23.1. The standard InChI is InChI=1S/C27H39F3O/c1-5-26(31)16-15-24(3)19(17-26)8-9-20-22-11-10-21(25(22,4)14-12-23(20)24)18(2)7-6-13-27(28,29)30/h6-8,10,18,20,22-23,31H,5,9,11-17H2,1-4H3/b7-6+/t18-,20+,22?,23?,24+,25-,26+/m1/s1. The van der Waals surface area contributed by atoms with Gasteiger partial charge in [-0.3, -0.25) is 0 Å². The molecule has 2 saturated carbocycles. The fourth-order valence-electron chi connectivity index (χ4n) is 7.83. The van der Waals surface area contributed by atoms with Crippen molar-refractivity contribution < 1.29 is 18.3 Å². The van der Waals surface area contributed by atoms with Crippen LogP contribution in [0.4, 0.5) is 13.2 Å². The smallest absolute Gasteiger partial charge is 0.390 e. The first-order chi connectivity index (χ1) is 14.4. The molecule has 0 bridgehead atoms. The molecule has 2 unspecified atom stereocenters. The topological polar surface area (TPSA) is 20.2 Å². The molecule has 0 spiro atoms. The van der Waals surface area contributed by atoms with E-state index < -0.39 is 18.2 Å². The van der Waals surface area contributed by atoms with E-state index in [1.807, 2.05) is 0 Å². The largest absolute Gasteiger partial charge is 0.392 e. The third-order valence-corrected chi connectivity index (χ3v) is 9.82. The van der Waals surface area contributed by atoms with E-state index in [2.05, 4.69) is 39.8 Å². The van der Waals surface area contributed by atoms with Crippen LogP contribution in [0, 0.1) is 34.5 Å². The predicted molar refractivity (Wildman–Crippen MR) is 119 cm³/mol. The number of rotatable bonds is 4. The van der Waals surface area contributed by atoms with Gasteiger partial charge in [0.2, 0.25) is 0 Å². The average molecular weight is 437 g/mol. The summed E-state index contributed by atoms with van der Waals surface area (Å²) in [7, 11) is 0. The number of hydrogen-bond acceptors (Lipinski definition) is 1. The first-order valence-corrected chi connectivity index (χ1v) is 12.3. The maximum absolute atomic E-state index is 12.6. The molecule has 0 amide bonds. The summed E-state index contributed by atoms with van der Waals surface area (Å²) in [5, 5.41) is 10.9. The number of hydrogen-bond donors (Lipinski definition) is 1. The minimum atomic E-state index is -4.13. The van der Waals surface area contributed by atoms with E-state index in [1.165, 1.54) is 23.6 Å². The molecule has 0 aromatic rings. The van der Waals surface area contributed by atoms with Crippen molar-refractivity contribution in [2.24, 2.45) is 34.5 Å². The lowest BCUT2D eigenvalue weighted by molar-refractivity contribution is -0.125. The van der Waals surface area contributed by atoms with Crippen molar-refractivity contribution in [3.63, 3.8) is 0 Å². The van der Waals surface area contributed by atoms with Crippen molar-refractivity contribution in [1.29, 1.82) is 0 Å². The van der Waals surface area contributed by atoms with Gasteiger partial charge in [0.15, 0.2) is 0 Å². The van der Waals surface area contributed by atoms with Gasteiger partial charge >= 0.3 is 6.18 Å². The van der Waals surface area contributed by atoms with Crippen molar-refractivity contribution in [2.75, 3.05) is 0 Å². The normalized spacial score (nSPS) is 43.7. The summed E-state index contributed by atoms with van der Waals surface area (Å²) < 4.78 is 37.7. The summed E-state index contributed by atoms with van der Waals surface area (Å²) in [6.45, 7) is 8.97. The minimum absolute atomic E-state index is 0.0634. The molecular formula is C27H39F3O. The minimum Gasteiger partial charge on any atom is -0.390 e. The Balaban J connectivity index is 1.52. The maximum Gasteiger partial charge on any atom is 0.392 e. The van der Waals surface area contributed by atoms with Gasteiger partial charge in [0.25, 0.3) is 0 Å². The lowest BCUT2D eigenvalue weighted by Crippen LogP contribution is -2.51. The molecule has 4 aliphatic carbocycles. The summed E-state index contributed by atoms with van der Waals surface area (Å²) in [6.07, 6.45) is 11.0. The van der Waals surface area contributed by atoms with Crippen LogP contribution >= 0.6 is 0 Å². The molecule has 1 N–H and O–H groups in total. The molecule has 1 nitrogen and oxygen atoms in total. The summed E-state index contributed by atoms with van der Waals surface area (Å²) in [6, 6.07) is 0. The average Bonchev–Trinajstić information content (AvgIpc) is 3.05. The second-order valence-corrected chi connectivity index (χ2v) is 11.4. The Hall–Kier alpha value is -1.03. The Labute approximate surface area is 185 Å². The van der Waals surface area contributed by atoms with Gasteiger partial charge in [-0.2, -0.15) is 13.2 Å². The highest BCUT2D eigenvalue weighted by Crippen LogP contribution is 2.66. The molecule has 174 valence electrons. The van der Waals surface area contributed by atoms with Crippen molar-refractivity contribution in [3.05, 3.63) is 35.5 Å². The Morgan fingerprint density at radius 2 is 1.84 bits per heavy atom. The van der Waals surface area contributed by atoms with Crippen LogP contribution in [0.2, 0.25) is 0 Å². The quantitative estimate of drug-likeness (QED) is 0.446. The van der Waals surface area contributed by atoms with Gasteiger partial charge in [0.1, 0.15) is 0 Å². The van der Waals surface area contributed by atoms with Crippen LogP contribution in [0.25, 0.3) is 0 Å². The van der Waals surface area contributed by atoms with Gasteiger partial charge in [-0.1, -0.05) is 63.1 Å². The SMILES string of the molecule is CC[C@]1(O)CC[C@@]2(C)C(=CC[C@@H]3C2CC[C@]2(C)C([C@H](C)/C=C/CC(F)(F)F)=CCC32)C1. The Morgan fingerprint density at radius 3 is 2.52 bits per heavy atom. The second-order valence-electron chi connectivity index (χ2n) is 11.4. The molecule has 0 saturated heterocycles. The Kier molecular flexibility index (Phi) is 5.81. The van der Waals surface area contributed by atoms with Crippen LogP contribution in [-0.4, -0.2) is 16.9 Å². The molecule has 7 atom stereocenters. The zero-order chi connectivity index (χ0) is 22.7. The molecule has 4 aliphatic rings. The molecule has 4 heteroatoms. The molecule has 4 rings (SSSR count). The number of alkyl halides is 3. The van der Waals surface area contributed by atoms with Gasteiger partial charge in [-0.25, -0.2) is 0 Å². The molecule has 0 heterocycles. The number of aliphatic hydroxyl groups is 1. The van der Waals surface area contributed by atoms with Crippen LogP contribution in [0.1, 0.15) is 85.5 Å². The van der Waals surface area contributed by atoms with E-state index in [0.717, 1.165) is 44.9 Å². The third-order valence-electron chi connectivity index (χ3n) is 9.82. The van der Waals surface area contributed by atoms with E-state index in [-0.39, 0.29) is 16.7 Å². The summed E-state index contributed by atoms with van der Waals surface area (Å²) in [5.74, 6) is 1.95. The van der Waals surface area contributed by atoms with Crippen LogP contribution < -0.4 is 0 Å². The van der Waals surface area contributed by atoms with E-state index in [4.69, 9.17) is 0 Å². The van der Waals surface area contributed by atoms with Gasteiger partial charge in [-0.15, -0.1) is 0 Å². The number of allylic oxidation sites excluding steroid dienone is 5. The molecule has 0 radical (unpaired) electrons. The predicted octanol–water partition coefficient (Wildman–Crippen LogP) is 7.77. The van der Waals surface area contributed by atoms with Crippen molar-refractivity contribution in [1.82, 2.24) is 0 Å². The van der Waals surface area contributed by atoms with Gasteiger partial charge in [-0.05, 0) is 85.9 Å². The van der Waals surface area contributed by atoms with Crippen LogP contribution in [-0.2, 0) is 0 Å². The lowest BCUT2D eigenvalue weighted by atomic mass is 9.46. The molecule has 0 aliphatic heterocycles. The third kappa shape index (κ3) is 3.96. The Bertz CT molecular complexity index is 793. The van der Waals surface area contributed by atoms with E-state index in [0.29, 0.717) is 17.8 Å². The van der Waals surface area contributed by atoms with Crippen LogP contribution in [0.5, 0.6) is 0 Å². The van der Waals surface area contributed by atoms with Crippen molar-refractivity contribution in [3.8, 4) is 0 Å². The number of fused-ring (bicyclic) bond motifs is 5. The molecule has 0 aromatic heterocycles. The molecular weight excluding hydrogens is 397 g/mol. The molecule has 0 aromatic carbocycles. The zero-order valence-corrected chi connectivity index (χ0v) is 19.6. The summed E-state index contributed by atoms with van der Waals surface area (Å²) >= 11 is 0. The van der Waals surface area contributed by atoms with E-state index in [1.54, 1.807) is 6.08 Å². The highest BCUT2D eigenvalue weighted by atomic mass is 19.4. The fraction of sp³-hybridized carbons (Fsp3) is 0.778. The highest BCUT2D eigenvalue weighted by molar-refractivity contribution is 5.33. The molecule has 2 fully saturated rings. The zero-order valence-electron chi connectivity index (χ0n) is 19.6. The lowest BCUT2D eigenvalue weighted by Gasteiger charge is -2.59. The van der Waals surface area contributed by atoms with Crippen LogP contribution in [0.3, 0.4) is 0 Å². The van der Waals surface area contributed by atoms with Crippen LogP contribution in [0.15, 0.2) is 35.5 Å². The van der Waals surface area contributed by atoms with Gasteiger partial charge < -0.3 is 5.11 Å². The second kappa shape index (κ2) is 7.78. The van der Waals surface area contributed by atoms with Crippen molar-refractivity contribution >= 4 is 0 Å². The van der Waals surface area contributed by atoms with Crippen molar-refractivity contribution in [2.45, 2.75) is 97.3 Å². The van der Waals surface area contributed by atoms with E-state index >= 15 is 0 Å². The monoisotopic (exact) mass is 436 g/mol. The maximum atomic E-state index is 12.6. The van der Waals surface area contributed by atoms with E-state index in [9.17, 15) is 18.3 Å². The molecule has 31 heavy (non-hydrogen) atoms.